The van der Waals surface area contributed by atoms with Gasteiger partial charge in [0.2, 0.25) is 0 Å². The van der Waals surface area contributed by atoms with Gasteiger partial charge in [0, 0.05) is 11.9 Å². The van der Waals surface area contributed by atoms with Gasteiger partial charge in [-0.25, -0.2) is 4.79 Å². The van der Waals surface area contributed by atoms with Gasteiger partial charge in [0.05, 0.1) is 11.3 Å². The van der Waals surface area contributed by atoms with Crippen LogP contribution < -0.4 is 15.9 Å². The number of carbonyl (C=O) groups excluding carboxylic acids is 1. The number of carbonyl (C=O) groups is 1. The first kappa shape index (κ1) is 18.6. The van der Waals surface area contributed by atoms with Gasteiger partial charge in [0.1, 0.15) is 30.8 Å². The van der Waals surface area contributed by atoms with Gasteiger partial charge >= 0.3 is 5.97 Å². The molecule has 0 unspecified atom stereocenters. The smallest absolute Gasteiger partial charge is 0.341 e. The van der Waals surface area contributed by atoms with E-state index in [1.165, 1.54) is 11.3 Å². The number of nitrogens with zero attached hydrogens (tertiary/aromatic N) is 1. The zero-order chi connectivity index (χ0) is 17.7. The highest BCUT2D eigenvalue weighted by molar-refractivity contribution is 7.23. The Morgan fingerprint density at radius 3 is 2.62 bits per heavy atom. The third-order valence-electron chi connectivity index (χ3n) is 3.90. The number of fused-ring (bicyclic) bond motifs is 1. The molecule has 0 fully saturated rings. The minimum atomic E-state index is -0.417. The summed E-state index contributed by atoms with van der Waals surface area (Å²) in [6.07, 6.45) is 0. The highest BCUT2D eigenvalue weighted by atomic mass is 32.1. The van der Waals surface area contributed by atoms with E-state index in [1.807, 2.05) is 0 Å². The lowest BCUT2D eigenvalue weighted by Crippen LogP contribution is -2.28. The van der Waals surface area contributed by atoms with Crippen LogP contribution >= 0.6 is 11.3 Å². The number of esters is 1. The van der Waals surface area contributed by atoms with Crippen molar-refractivity contribution in [3.05, 3.63) is 17.7 Å². The Kier molecular flexibility index (Phi) is 6.51. The standard InChI is InChI=1S/C17H23BN2O3S/c1-4-20(5-2)9-10-23-14-12(18)8-7-11-13(17(21)22-6-3)16(19)24-15(11)14/h7-8H,4-6,9-10,19H2,1-3H3. The molecule has 0 amide bonds. The Labute approximate surface area is 148 Å². The lowest BCUT2D eigenvalue weighted by atomic mass is 9.93. The molecule has 1 heterocycles. The summed E-state index contributed by atoms with van der Waals surface area (Å²) in [6.45, 7) is 9.58. The van der Waals surface area contributed by atoms with E-state index in [0.29, 0.717) is 35.0 Å². The Morgan fingerprint density at radius 1 is 1.29 bits per heavy atom. The van der Waals surface area contributed by atoms with Crippen LogP contribution in [0.2, 0.25) is 0 Å². The molecule has 2 radical (unpaired) electrons. The largest absolute Gasteiger partial charge is 0.491 e. The second-order valence-electron chi connectivity index (χ2n) is 5.30. The summed E-state index contributed by atoms with van der Waals surface area (Å²) in [7, 11) is 6.07. The van der Waals surface area contributed by atoms with Crippen molar-refractivity contribution in [3.8, 4) is 5.75 Å². The summed E-state index contributed by atoms with van der Waals surface area (Å²) in [4.78, 5) is 14.4. The summed E-state index contributed by atoms with van der Waals surface area (Å²) >= 11 is 1.30. The van der Waals surface area contributed by atoms with E-state index in [0.717, 1.165) is 29.7 Å². The molecular formula is C17H23BN2O3S. The molecule has 0 aliphatic rings. The molecule has 24 heavy (non-hydrogen) atoms. The molecule has 0 saturated heterocycles. The highest BCUT2D eigenvalue weighted by Crippen LogP contribution is 2.38. The van der Waals surface area contributed by atoms with E-state index in [-0.39, 0.29) is 0 Å². The number of likely N-dealkylation sites (N-methyl/N-ethyl adjacent to an activating group) is 1. The molecule has 1 aromatic carbocycles. The Morgan fingerprint density at radius 2 is 2.00 bits per heavy atom. The predicted molar refractivity (Wildman–Crippen MR) is 101 cm³/mol. The van der Waals surface area contributed by atoms with Crippen LogP contribution in [0.1, 0.15) is 31.1 Å². The normalized spacial score (nSPS) is 11.2. The van der Waals surface area contributed by atoms with Crippen molar-refractivity contribution in [2.75, 3.05) is 38.6 Å². The molecule has 0 spiro atoms. The molecule has 0 aliphatic heterocycles. The minimum absolute atomic E-state index is 0.303. The van der Waals surface area contributed by atoms with Crippen LogP contribution in [0, 0.1) is 0 Å². The van der Waals surface area contributed by atoms with Crippen LogP contribution in [-0.2, 0) is 4.74 Å². The Bertz CT molecular complexity index is 713. The van der Waals surface area contributed by atoms with E-state index in [4.69, 9.17) is 23.1 Å². The van der Waals surface area contributed by atoms with E-state index in [2.05, 4.69) is 18.7 Å². The molecule has 7 heteroatoms. The zero-order valence-corrected chi connectivity index (χ0v) is 15.2. The number of hydrogen-bond donors (Lipinski definition) is 1. The van der Waals surface area contributed by atoms with Crippen molar-refractivity contribution in [1.29, 1.82) is 0 Å². The fourth-order valence-corrected chi connectivity index (χ4v) is 3.61. The van der Waals surface area contributed by atoms with E-state index in [1.54, 1.807) is 19.1 Å². The maximum Gasteiger partial charge on any atom is 0.341 e. The van der Waals surface area contributed by atoms with Gasteiger partial charge in [-0.1, -0.05) is 31.4 Å². The summed E-state index contributed by atoms with van der Waals surface area (Å²) in [5, 5.41) is 1.14. The highest BCUT2D eigenvalue weighted by Gasteiger charge is 2.21. The third-order valence-corrected chi connectivity index (χ3v) is 4.93. The van der Waals surface area contributed by atoms with Crippen molar-refractivity contribution < 1.29 is 14.3 Å². The molecule has 2 aromatic rings. The summed E-state index contributed by atoms with van der Waals surface area (Å²) < 4.78 is 11.8. The first-order valence-corrected chi connectivity index (χ1v) is 8.97. The quantitative estimate of drug-likeness (QED) is 0.586. The van der Waals surface area contributed by atoms with Crippen LogP contribution in [0.4, 0.5) is 5.00 Å². The molecular weight excluding hydrogens is 323 g/mol. The van der Waals surface area contributed by atoms with Crippen molar-refractivity contribution in [2.45, 2.75) is 20.8 Å². The van der Waals surface area contributed by atoms with Crippen molar-refractivity contribution in [3.63, 3.8) is 0 Å². The molecule has 2 rings (SSSR count). The number of nitrogen functional groups attached to an aromatic ring is 1. The van der Waals surface area contributed by atoms with Gasteiger partial charge in [-0.05, 0) is 20.0 Å². The van der Waals surface area contributed by atoms with Crippen molar-refractivity contribution in [1.82, 2.24) is 4.90 Å². The minimum Gasteiger partial charge on any atom is -0.491 e. The van der Waals surface area contributed by atoms with Crippen LogP contribution in [-0.4, -0.2) is 51.6 Å². The summed E-state index contributed by atoms with van der Waals surface area (Å²) in [5.74, 6) is 0.173. The van der Waals surface area contributed by atoms with Gasteiger partial charge in [-0.2, -0.15) is 0 Å². The van der Waals surface area contributed by atoms with E-state index < -0.39 is 5.97 Å². The fraction of sp³-hybridized carbons (Fsp3) is 0.471. The van der Waals surface area contributed by atoms with Crippen LogP contribution in [0.15, 0.2) is 12.1 Å². The average Bonchev–Trinajstić information content (AvgIpc) is 2.90. The van der Waals surface area contributed by atoms with Crippen LogP contribution in [0.5, 0.6) is 5.75 Å². The van der Waals surface area contributed by atoms with Gasteiger partial charge in [-0.3, -0.25) is 0 Å². The van der Waals surface area contributed by atoms with Crippen LogP contribution in [0.25, 0.3) is 10.1 Å². The number of benzene rings is 1. The predicted octanol–water partition coefficient (Wildman–Crippen LogP) is 2.17. The van der Waals surface area contributed by atoms with E-state index >= 15 is 0 Å². The molecule has 1 aromatic heterocycles. The monoisotopic (exact) mass is 346 g/mol. The topological polar surface area (TPSA) is 64.8 Å². The molecule has 0 aliphatic carbocycles. The number of thiophene rings is 1. The first-order valence-electron chi connectivity index (χ1n) is 8.16. The third kappa shape index (κ3) is 3.84. The van der Waals surface area contributed by atoms with Crippen LogP contribution in [0.3, 0.4) is 0 Å². The maximum absolute atomic E-state index is 12.1. The van der Waals surface area contributed by atoms with Crippen molar-refractivity contribution in [2.24, 2.45) is 0 Å². The Balaban J connectivity index is 2.31. The second kappa shape index (κ2) is 8.40. The molecule has 2 N–H and O–H groups in total. The number of nitrogens with two attached hydrogens (primary N) is 1. The summed E-state index contributed by atoms with van der Waals surface area (Å²) in [6, 6.07) is 3.53. The number of hydrogen-bond acceptors (Lipinski definition) is 6. The molecule has 0 atom stereocenters. The average molecular weight is 346 g/mol. The SMILES string of the molecule is [B]c1ccc2c(C(=O)OCC)c(N)sc2c1OCCN(CC)CC. The molecule has 0 bridgehead atoms. The lowest BCUT2D eigenvalue weighted by Gasteiger charge is -2.19. The van der Waals surface area contributed by atoms with E-state index in [9.17, 15) is 4.79 Å². The molecule has 128 valence electrons. The van der Waals surface area contributed by atoms with Gasteiger partial charge < -0.3 is 20.1 Å². The summed E-state index contributed by atoms with van der Waals surface area (Å²) in [5.41, 5.74) is 6.97. The zero-order valence-electron chi connectivity index (χ0n) is 14.4. The number of anilines is 1. The fourth-order valence-electron chi connectivity index (χ4n) is 2.55. The Hall–Kier alpha value is -1.73. The molecule has 0 saturated carbocycles. The number of rotatable bonds is 8. The second-order valence-corrected chi connectivity index (χ2v) is 6.35. The number of ether oxygens (including phenoxy) is 2. The van der Waals surface area contributed by atoms with Gasteiger partial charge in [0.15, 0.2) is 0 Å². The maximum atomic E-state index is 12.1. The van der Waals surface area contributed by atoms with Crippen molar-refractivity contribution >= 4 is 45.7 Å². The molecule has 5 nitrogen and oxygen atoms in total. The van der Waals surface area contributed by atoms with Gasteiger partial charge in [0.25, 0.3) is 0 Å². The van der Waals surface area contributed by atoms with Gasteiger partial charge in [-0.15, -0.1) is 11.3 Å². The lowest BCUT2D eigenvalue weighted by molar-refractivity contribution is 0.0530. The first-order chi connectivity index (χ1) is 11.5.